The number of ether oxygens (including phenoxy) is 2. The van der Waals surface area contributed by atoms with Crippen LogP contribution in [-0.4, -0.2) is 67.1 Å². The Balaban J connectivity index is 1.85. The summed E-state index contributed by atoms with van der Waals surface area (Å²) in [6.45, 7) is 3.95. The molecule has 0 bridgehead atoms. The molecule has 2 rings (SSSR count). The molecule has 108 valence electrons. The predicted molar refractivity (Wildman–Crippen MR) is 65.9 cm³/mol. The van der Waals surface area contributed by atoms with Crippen molar-refractivity contribution in [1.82, 2.24) is 10.2 Å². The van der Waals surface area contributed by atoms with Gasteiger partial charge >= 0.3 is 12.0 Å². The summed E-state index contributed by atoms with van der Waals surface area (Å²) in [5.74, 6) is -0.735. The molecule has 0 saturated carbocycles. The molecular formula is C12H20N2O5. The molecule has 0 radical (unpaired) electrons. The lowest BCUT2D eigenvalue weighted by atomic mass is 10.0. The molecular weight excluding hydrogens is 252 g/mol. The van der Waals surface area contributed by atoms with Crippen LogP contribution in [0.1, 0.15) is 13.3 Å². The van der Waals surface area contributed by atoms with E-state index in [9.17, 15) is 9.59 Å². The Labute approximate surface area is 111 Å². The normalized spacial score (nSPS) is 31.2. The molecule has 7 heteroatoms. The highest BCUT2D eigenvalue weighted by Crippen LogP contribution is 2.19. The number of aliphatic carboxylic acids is 1. The van der Waals surface area contributed by atoms with E-state index < -0.39 is 12.0 Å². The number of amides is 2. The number of hydrogen-bond donors (Lipinski definition) is 2. The maximum atomic E-state index is 12.0. The third-order valence-corrected chi connectivity index (χ3v) is 3.72. The van der Waals surface area contributed by atoms with Gasteiger partial charge in [-0.3, -0.25) is 0 Å². The molecule has 19 heavy (non-hydrogen) atoms. The minimum Gasteiger partial charge on any atom is -0.480 e. The zero-order valence-electron chi connectivity index (χ0n) is 11.0. The molecule has 0 aromatic heterocycles. The van der Waals surface area contributed by atoms with Gasteiger partial charge < -0.3 is 24.8 Å². The van der Waals surface area contributed by atoms with Gasteiger partial charge in [-0.15, -0.1) is 0 Å². The number of carbonyl (C=O) groups is 2. The first-order chi connectivity index (χ1) is 9.09. The van der Waals surface area contributed by atoms with Gasteiger partial charge in [0.1, 0.15) is 0 Å². The number of morpholine rings is 1. The third-order valence-electron chi connectivity index (χ3n) is 3.72. The number of hydrogen-bond acceptors (Lipinski definition) is 4. The lowest BCUT2D eigenvalue weighted by Crippen LogP contribution is -2.56. The van der Waals surface area contributed by atoms with Crippen molar-refractivity contribution in [2.24, 2.45) is 5.92 Å². The molecule has 2 saturated heterocycles. The summed E-state index contributed by atoms with van der Waals surface area (Å²) in [5, 5.41) is 11.9. The summed E-state index contributed by atoms with van der Waals surface area (Å²) in [5.41, 5.74) is 0. The van der Waals surface area contributed by atoms with Crippen LogP contribution < -0.4 is 5.32 Å². The molecule has 2 N–H and O–H groups in total. The maximum Gasteiger partial charge on any atom is 0.328 e. The largest absolute Gasteiger partial charge is 0.480 e. The predicted octanol–water partition coefficient (Wildman–Crippen LogP) is -0.0936. The van der Waals surface area contributed by atoms with Gasteiger partial charge in [0.15, 0.2) is 6.04 Å². The average Bonchev–Trinajstić information content (AvgIpc) is 2.81. The van der Waals surface area contributed by atoms with E-state index in [0.29, 0.717) is 25.6 Å². The highest BCUT2D eigenvalue weighted by atomic mass is 16.5. The van der Waals surface area contributed by atoms with Crippen molar-refractivity contribution in [3.63, 3.8) is 0 Å². The summed E-state index contributed by atoms with van der Waals surface area (Å²) >= 11 is 0. The van der Waals surface area contributed by atoms with E-state index in [1.807, 2.05) is 6.92 Å². The standard InChI is InChI=1S/C12H20N2O5/c1-8-9(2-4-19-8)6-13-12(17)14-3-5-18-7-10(14)11(15)16/h8-10H,2-7H2,1H3,(H,13,17)(H,15,16). The summed E-state index contributed by atoms with van der Waals surface area (Å²) in [4.78, 5) is 24.4. The van der Waals surface area contributed by atoms with E-state index in [1.54, 1.807) is 0 Å². The molecule has 7 nitrogen and oxygen atoms in total. The molecule has 2 amide bonds. The lowest BCUT2D eigenvalue weighted by molar-refractivity contribution is -0.147. The number of carboxylic acids is 1. The SMILES string of the molecule is CC1OCCC1CNC(=O)N1CCOCC1C(=O)O. The fourth-order valence-electron chi connectivity index (χ4n) is 2.42. The summed E-state index contributed by atoms with van der Waals surface area (Å²) in [6, 6.07) is -1.24. The van der Waals surface area contributed by atoms with Crippen LogP contribution in [0, 0.1) is 5.92 Å². The zero-order chi connectivity index (χ0) is 13.8. The van der Waals surface area contributed by atoms with E-state index in [0.717, 1.165) is 13.0 Å². The quantitative estimate of drug-likeness (QED) is 0.749. The van der Waals surface area contributed by atoms with Crippen molar-refractivity contribution in [2.45, 2.75) is 25.5 Å². The van der Waals surface area contributed by atoms with Gasteiger partial charge in [-0.2, -0.15) is 0 Å². The Kier molecular flexibility index (Phi) is 4.60. The maximum absolute atomic E-state index is 12.0. The van der Waals surface area contributed by atoms with Crippen LogP contribution in [0.5, 0.6) is 0 Å². The second kappa shape index (κ2) is 6.21. The van der Waals surface area contributed by atoms with Crippen LogP contribution in [0.25, 0.3) is 0 Å². The summed E-state index contributed by atoms with van der Waals surface area (Å²) in [6.07, 6.45) is 1.06. The highest BCUT2D eigenvalue weighted by molar-refractivity contribution is 5.83. The number of carboxylic acid groups (broad SMARTS) is 1. The van der Waals surface area contributed by atoms with Gasteiger partial charge in [0.2, 0.25) is 0 Å². The zero-order valence-corrected chi connectivity index (χ0v) is 11.0. The highest BCUT2D eigenvalue weighted by Gasteiger charge is 2.33. The van der Waals surface area contributed by atoms with E-state index in [1.165, 1.54) is 4.90 Å². The Morgan fingerprint density at radius 3 is 2.84 bits per heavy atom. The number of rotatable bonds is 3. The molecule has 3 unspecified atom stereocenters. The van der Waals surface area contributed by atoms with Gasteiger partial charge in [0, 0.05) is 25.6 Å². The van der Waals surface area contributed by atoms with Crippen LogP contribution in [0.4, 0.5) is 4.79 Å². The topological polar surface area (TPSA) is 88.1 Å². The molecule has 0 aromatic carbocycles. The van der Waals surface area contributed by atoms with Crippen LogP contribution in [0.15, 0.2) is 0 Å². The van der Waals surface area contributed by atoms with E-state index in [-0.39, 0.29) is 18.7 Å². The van der Waals surface area contributed by atoms with Gasteiger partial charge in [0.25, 0.3) is 0 Å². The monoisotopic (exact) mass is 272 g/mol. The molecule has 2 fully saturated rings. The Morgan fingerprint density at radius 2 is 2.21 bits per heavy atom. The first kappa shape index (κ1) is 14.1. The van der Waals surface area contributed by atoms with Crippen LogP contribution in [0.3, 0.4) is 0 Å². The van der Waals surface area contributed by atoms with Crippen molar-refractivity contribution < 1.29 is 24.2 Å². The molecule has 2 aliphatic heterocycles. The Morgan fingerprint density at radius 1 is 1.42 bits per heavy atom. The van der Waals surface area contributed by atoms with Gasteiger partial charge in [-0.25, -0.2) is 9.59 Å². The first-order valence-electron chi connectivity index (χ1n) is 6.56. The average molecular weight is 272 g/mol. The number of carbonyl (C=O) groups excluding carboxylic acids is 1. The molecule has 0 aliphatic carbocycles. The second-order valence-corrected chi connectivity index (χ2v) is 4.93. The number of urea groups is 1. The first-order valence-corrected chi connectivity index (χ1v) is 6.56. The number of nitrogens with one attached hydrogen (secondary N) is 1. The van der Waals surface area contributed by atoms with E-state index in [2.05, 4.69) is 5.32 Å². The van der Waals surface area contributed by atoms with Gasteiger partial charge in [-0.05, 0) is 13.3 Å². The van der Waals surface area contributed by atoms with Crippen molar-refractivity contribution in [2.75, 3.05) is 32.9 Å². The summed E-state index contributed by atoms with van der Waals surface area (Å²) < 4.78 is 10.5. The molecule has 0 spiro atoms. The number of nitrogens with zero attached hydrogens (tertiary/aromatic N) is 1. The van der Waals surface area contributed by atoms with Crippen molar-refractivity contribution in [3.8, 4) is 0 Å². The smallest absolute Gasteiger partial charge is 0.328 e. The Bertz CT molecular complexity index is 349. The fourth-order valence-corrected chi connectivity index (χ4v) is 2.42. The van der Waals surface area contributed by atoms with E-state index in [4.69, 9.17) is 14.6 Å². The fraction of sp³-hybridized carbons (Fsp3) is 0.833. The Hall–Kier alpha value is -1.34. The van der Waals surface area contributed by atoms with E-state index >= 15 is 0 Å². The van der Waals surface area contributed by atoms with Gasteiger partial charge in [0.05, 0.1) is 19.3 Å². The van der Waals surface area contributed by atoms with Crippen molar-refractivity contribution >= 4 is 12.0 Å². The second-order valence-electron chi connectivity index (χ2n) is 4.93. The summed E-state index contributed by atoms with van der Waals surface area (Å²) in [7, 11) is 0. The minimum atomic E-state index is -1.03. The molecule has 2 aliphatic rings. The van der Waals surface area contributed by atoms with Crippen LogP contribution in [0.2, 0.25) is 0 Å². The lowest BCUT2D eigenvalue weighted by Gasteiger charge is -2.33. The van der Waals surface area contributed by atoms with Crippen LogP contribution in [-0.2, 0) is 14.3 Å². The van der Waals surface area contributed by atoms with Crippen molar-refractivity contribution in [3.05, 3.63) is 0 Å². The van der Waals surface area contributed by atoms with Crippen molar-refractivity contribution in [1.29, 1.82) is 0 Å². The third kappa shape index (κ3) is 3.36. The molecule has 2 heterocycles. The minimum absolute atomic E-state index is 0.0473. The van der Waals surface area contributed by atoms with Gasteiger partial charge in [-0.1, -0.05) is 0 Å². The molecule has 3 atom stereocenters. The molecule has 0 aromatic rings. The van der Waals surface area contributed by atoms with Crippen LogP contribution >= 0.6 is 0 Å².